The molecule has 7 nitrogen and oxygen atoms in total. The molecule has 1 aromatic carbocycles. The van der Waals surface area contributed by atoms with Crippen LogP contribution in [-0.4, -0.2) is 44.9 Å². The number of fused-ring (bicyclic) bond motifs is 1. The third-order valence-corrected chi connectivity index (χ3v) is 2.88. The second-order valence-corrected chi connectivity index (χ2v) is 4.14. The minimum atomic E-state index is -0.231. The number of amides is 1. The van der Waals surface area contributed by atoms with Gasteiger partial charge in [-0.05, 0) is 19.1 Å². The quantitative estimate of drug-likeness (QED) is 0.371. The van der Waals surface area contributed by atoms with Gasteiger partial charge in [-0.3, -0.25) is 14.8 Å². The van der Waals surface area contributed by atoms with Crippen molar-refractivity contribution in [3.8, 4) is 0 Å². The van der Waals surface area contributed by atoms with Crippen LogP contribution in [0.3, 0.4) is 0 Å². The zero-order valence-electron chi connectivity index (χ0n) is 11.0. The first-order valence-electron chi connectivity index (χ1n) is 6.12. The number of hydrogen-bond donors (Lipinski definition) is 2. The Kier molecular flexibility index (Phi) is 4.09. The third-order valence-electron chi connectivity index (χ3n) is 2.88. The van der Waals surface area contributed by atoms with Gasteiger partial charge in [0.2, 0.25) is 0 Å². The van der Waals surface area contributed by atoms with Gasteiger partial charge in [0.15, 0.2) is 5.84 Å². The lowest BCUT2D eigenvalue weighted by molar-refractivity contribution is 0.0788. The summed E-state index contributed by atoms with van der Waals surface area (Å²) in [7, 11) is 0. The van der Waals surface area contributed by atoms with Crippen LogP contribution >= 0.6 is 0 Å². The molecule has 0 spiro atoms. The van der Waals surface area contributed by atoms with Gasteiger partial charge in [-0.25, -0.2) is 0 Å². The highest BCUT2D eigenvalue weighted by molar-refractivity contribution is 6.05. The number of oxime groups is 1. The molecule has 1 heterocycles. The molecule has 0 bridgehead atoms. The molecular formula is C13H15N5O2. The number of nitrogens with zero attached hydrogens (tertiary/aromatic N) is 4. The van der Waals surface area contributed by atoms with Gasteiger partial charge in [0.1, 0.15) is 5.52 Å². The van der Waals surface area contributed by atoms with E-state index in [-0.39, 0.29) is 18.3 Å². The van der Waals surface area contributed by atoms with Crippen LogP contribution in [0.1, 0.15) is 17.3 Å². The van der Waals surface area contributed by atoms with Gasteiger partial charge in [0, 0.05) is 18.9 Å². The van der Waals surface area contributed by atoms with E-state index in [2.05, 4.69) is 15.1 Å². The van der Waals surface area contributed by atoms with Crippen LogP contribution < -0.4 is 5.73 Å². The normalized spacial score (nSPS) is 11.6. The Labute approximate surface area is 115 Å². The highest BCUT2D eigenvalue weighted by Crippen LogP contribution is 2.15. The summed E-state index contributed by atoms with van der Waals surface area (Å²) in [5, 5.41) is 11.5. The van der Waals surface area contributed by atoms with Crippen molar-refractivity contribution in [2.75, 3.05) is 13.1 Å². The van der Waals surface area contributed by atoms with Gasteiger partial charge in [-0.15, -0.1) is 0 Å². The van der Waals surface area contributed by atoms with E-state index in [0.29, 0.717) is 23.1 Å². The predicted molar refractivity (Wildman–Crippen MR) is 74.5 cm³/mol. The van der Waals surface area contributed by atoms with Crippen molar-refractivity contribution >= 4 is 22.8 Å². The van der Waals surface area contributed by atoms with E-state index in [0.717, 1.165) is 0 Å². The van der Waals surface area contributed by atoms with Gasteiger partial charge in [0.25, 0.3) is 5.91 Å². The highest BCUT2D eigenvalue weighted by Gasteiger charge is 2.18. The van der Waals surface area contributed by atoms with Crippen LogP contribution in [-0.2, 0) is 0 Å². The number of amidine groups is 1. The maximum absolute atomic E-state index is 12.5. The van der Waals surface area contributed by atoms with E-state index in [1.807, 2.05) is 6.92 Å². The summed E-state index contributed by atoms with van der Waals surface area (Å²) >= 11 is 0. The van der Waals surface area contributed by atoms with Crippen molar-refractivity contribution in [3.63, 3.8) is 0 Å². The smallest absolute Gasteiger partial charge is 0.256 e. The molecule has 20 heavy (non-hydrogen) atoms. The van der Waals surface area contributed by atoms with Crippen molar-refractivity contribution in [3.05, 3.63) is 36.2 Å². The molecule has 7 heteroatoms. The van der Waals surface area contributed by atoms with Gasteiger partial charge < -0.3 is 15.8 Å². The first-order valence-corrected chi connectivity index (χ1v) is 6.12. The van der Waals surface area contributed by atoms with E-state index < -0.39 is 0 Å². The van der Waals surface area contributed by atoms with Crippen molar-refractivity contribution in [1.82, 2.24) is 14.9 Å². The summed E-state index contributed by atoms with van der Waals surface area (Å²) in [5.74, 6) is -0.253. The molecule has 0 aliphatic rings. The summed E-state index contributed by atoms with van der Waals surface area (Å²) in [6.45, 7) is 2.31. The molecule has 0 saturated carbocycles. The van der Waals surface area contributed by atoms with Crippen LogP contribution in [0.2, 0.25) is 0 Å². The van der Waals surface area contributed by atoms with Crippen LogP contribution in [0, 0.1) is 0 Å². The third kappa shape index (κ3) is 2.66. The fraction of sp³-hybridized carbons (Fsp3) is 0.231. The van der Waals surface area contributed by atoms with Crippen LogP contribution in [0.25, 0.3) is 11.0 Å². The Morgan fingerprint density at radius 2 is 2.15 bits per heavy atom. The SMILES string of the molecule is CCN(C/C(N)=N/O)C(=O)c1cccc2nccnc12. The molecule has 2 aromatic rings. The molecule has 1 amide bonds. The van der Waals surface area contributed by atoms with E-state index >= 15 is 0 Å². The number of likely N-dealkylation sites (N-methyl/N-ethyl adjacent to an activating group) is 1. The number of rotatable bonds is 4. The average Bonchev–Trinajstić information content (AvgIpc) is 2.51. The Bertz CT molecular complexity index is 651. The highest BCUT2D eigenvalue weighted by atomic mass is 16.4. The molecule has 1 aromatic heterocycles. The fourth-order valence-corrected chi connectivity index (χ4v) is 1.89. The number of nitrogens with two attached hydrogens (primary N) is 1. The molecular weight excluding hydrogens is 258 g/mol. The Hall–Kier alpha value is -2.70. The maximum atomic E-state index is 12.5. The van der Waals surface area contributed by atoms with E-state index in [4.69, 9.17) is 10.9 Å². The molecule has 0 aliphatic carbocycles. The lowest BCUT2D eigenvalue weighted by atomic mass is 10.1. The summed E-state index contributed by atoms with van der Waals surface area (Å²) < 4.78 is 0. The number of carbonyl (C=O) groups is 1. The molecule has 3 N–H and O–H groups in total. The number of aromatic nitrogens is 2. The second-order valence-electron chi connectivity index (χ2n) is 4.14. The number of benzene rings is 1. The lowest BCUT2D eigenvalue weighted by Gasteiger charge is -2.20. The first-order chi connectivity index (χ1) is 9.67. The summed E-state index contributed by atoms with van der Waals surface area (Å²) in [4.78, 5) is 22.3. The van der Waals surface area contributed by atoms with Crippen LogP contribution in [0.4, 0.5) is 0 Å². The molecule has 0 unspecified atom stereocenters. The standard InChI is InChI=1S/C13H15N5O2/c1-2-18(8-11(14)17-20)13(19)9-4-3-5-10-12(9)16-7-6-15-10/h3-7,20H,2,8H2,1H3,(H2,14,17). The largest absolute Gasteiger partial charge is 0.409 e. The first kappa shape index (κ1) is 13.7. The van der Waals surface area contributed by atoms with E-state index in [1.165, 1.54) is 4.90 Å². The molecule has 0 fully saturated rings. The predicted octanol–water partition coefficient (Wildman–Crippen LogP) is 0.838. The van der Waals surface area contributed by atoms with Crippen molar-refractivity contribution in [2.24, 2.45) is 10.9 Å². The number of carbonyl (C=O) groups excluding carboxylic acids is 1. The van der Waals surface area contributed by atoms with Crippen molar-refractivity contribution in [1.29, 1.82) is 0 Å². The van der Waals surface area contributed by atoms with Crippen LogP contribution in [0.15, 0.2) is 35.7 Å². The zero-order valence-corrected chi connectivity index (χ0v) is 11.0. The lowest BCUT2D eigenvalue weighted by Crippen LogP contribution is -2.38. The molecule has 104 valence electrons. The fourth-order valence-electron chi connectivity index (χ4n) is 1.89. The molecule has 0 radical (unpaired) electrons. The Morgan fingerprint density at radius 3 is 2.85 bits per heavy atom. The van der Waals surface area contributed by atoms with Crippen molar-refractivity contribution < 1.29 is 10.0 Å². The minimum absolute atomic E-state index is 0.0217. The van der Waals surface area contributed by atoms with E-state index in [9.17, 15) is 4.79 Å². The Balaban J connectivity index is 2.39. The monoisotopic (exact) mass is 273 g/mol. The minimum Gasteiger partial charge on any atom is -0.409 e. The Morgan fingerprint density at radius 1 is 1.40 bits per heavy atom. The summed E-state index contributed by atoms with van der Waals surface area (Å²) in [6.07, 6.45) is 3.11. The maximum Gasteiger partial charge on any atom is 0.256 e. The molecule has 0 atom stereocenters. The average molecular weight is 273 g/mol. The number of para-hydroxylation sites is 1. The number of hydrogen-bond acceptors (Lipinski definition) is 5. The van der Waals surface area contributed by atoms with Gasteiger partial charge >= 0.3 is 0 Å². The van der Waals surface area contributed by atoms with Crippen molar-refractivity contribution in [2.45, 2.75) is 6.92 Å². The molecule has 0 saturated heterocycles. The zero-order chi connectivity index (χ0) is 14.5. The van der Waals surface area contributed by atoms with E-state index in [1.54, 1.807) is 30.6 Å². The van der Waals surface area contributed by atoms with Gasteiger partial charge in [-0.2, -0.15) is 0 Å². The van der Waals surface area contributed by atoms with Gasteiger partial charge in [-0.1, -0.05) is 11.2 Å². The topological polar surface area (TPSA) is 105 Å². The molecule has 2 rings (SSSR count). The summed E-state index contributed by atoms with van der Waals surface area (Å²) in [6, 6.07) is 5.23. The van der Waals surface area contributed by atoms with Gasteiger partial charge in [0.05, 0.1) is 17.6 Å². The van der Waals surface area contributed by atoms with Crippen LogP contribution in [0.5, 0.6) is 0 Å². The second kappa shape index (κ2) is 5.96. The summed E-state index contributed by atoms with van der Waals surface area (Å²) in [5.41, 5.74) is 7.09. The molecule has 0 aliphatic heterocycles.